The van der Waals surface area contributed by atoms with E-state index in [1.54, 1.807) is 0 Å². The van der Waals surface area contributed by atoms with Gasteiger partial charge in [0.25, 0.3) is 0 Å². The highest BCUT2D eigenvalue weighted by Crippen LogP contribution is 2.38. The van der Waals surface area contributed by atoms with Gasteiger partial charge < -0.3 is 5.32 Å². The molecule has 0 saturated heterocycles. The maximum absolute atomic E-state index is 14.4. The fraction of sp³-hybridized carbons (Fsp3) is 0.111. The molecule has 1 nitrogen and oxygen atoms in total. The van der Waals surface area contributed by atoms with Crippen molar-refractivity contribution in [2.45, 2.75) is 10.3 Å². The molecule has 118 valence electrons. The molecule has 1 atom stereocenters. The van der Waals surface area contributed by atoms with E-state index in [0.717, 1.165) is 16.8 Å². The Balaban J connectivity index is 2.25. The lowest BCUT2D eigenvalue weighted by molar-refractivity contribution is 0.573. The number of nitrogens with one attached hydrogen (secondary N) is 1. The first-order valence-corrected chi connectivity index (χ1v) is 9.04. The second-order valence-electron chi connectivity index (χ2n) is 5.29. The standard InChI is InChI=1S/C18H13BrF2IN/c1-10-16(22)9-13(11-5-3-2-4-6-11)18(23-10)17-14(20)7-12(19)8-15(17)21/h2-8,16,23H,1,9H2. The highest BCUT2D eigenvalue weighted by atomic mass is 127. The summed E-state index contributed by atoms with van der Waals surface area (Å²) in [6, 6.07) is 12.2. The van der Waals surface area contributed by atoms with Crippen LogP contribution in [0.15, 0.2) is 59.2 Å². The second-order valence-corrected chi connectivity index (χ2v) is 7.71. The molecule has 5 heteroatoms. The van der Waals surface area contributed by atoms with Crippen molar-refractivity contribution in [2.24, 2.45) is 0 Å². The van der Waals surface area contributed by atoms with Crippen LogP contribution in [-0.4, -0.2) is 3.92 Å². The van der Waals surface area contributed by atoms with Crippen LogP contribution in [0.25, 0.3) is 11.3 Å². The Labute approximate surface area is 155 Å². The zero-order valence-corrected chi connectivity index (χ0v) is 15.8. The predicted molar refractivity (Wildman–Crippen MR) is 102 cm³/mol. The first-order valence-electron chi connectivity index (χ1n) is 7.00. The smallest absolute Gasteiger partial charge is 0.136 e. The normalized spacial score (nSPS) is 18.1. The van der Waals surface area contributed by atoms with Crippen LogP contribution in [0.3, 0.4) is 0 Å². The number of hydrogen-bond donors (Lipinski definition) is 1. The highest BCUT2D eigenvalue weighted by Gasteiger charge is 2.27. The van der Waals surface area contributed by atoms with Crippen LogP contribution in [0.4, 0.5) is 8.78 Å². The third kappa shape index (κ3) is 3.35. The molecule has 1 unspecified atom stereocenters. The molecule has 23 heavy (non-hydrogen) atoms. The molecule has 0 aromatic heterocycles. The van der Waals surface area contributed by atoms with Gasteiger partial charge >= 0.3 is 0 Å². The van der Waals surface area contributed by atoms with Crippen LogP contribution in [-0.2, 0) is 0 Å². The van der Waals surface area contributed by atoms with E-state index in [2.05, 4.69) is 50.4 Å². The van der Waals surface area contributed by atoms with Gasteiger partial charge in [-0.2, -0.15) is 0 Å². The molecule has 3 rings (SSSR count). The lowest BCUT2D eigenvalue weighted by Crippen LogP contribution is -2.26. The molecular formula is C18H13BrF2IN. The van der Waals surface area contributed by atoms with Crippen molar-refractivity contribution in [3.05, 3.63) is 82.0 Å². The lowest BCUT2D eigenvalue weighted by Gasteiger charge is -2.28. The van der Waals surface area contributed by atoms with Gasteiger partial charge in [0, 0.05) is 10.2 Å². The third-order valence-electron chi connectivity index (χ3n) is 3.73. The molecule has 0 radical (unpaired) electrons. The van der Waals surface area contributed by atoms with Gasteiger partial charge in [-0.15, -0.1) is 0 Å². The van der Waals surface area contributed by atoms with Crippen LogP contribution < -0.4 is 5.32 Å². The summed E-state index contributed by atoms with van der Waals surface area (Å²) in [7, 11) is 0. The Kier molecular flexibility index (Phi) is 4.87. The Morgan fingerprint density at radius 3 is 2.35 bits per heavy atom. The lowest BCUT2D eigenvalue weighted by atomic mass is 9.91. The van der Waals surface area contributed by atoms with E-state index in [4.69, 9.17) is 0 Å². The van der Waals surface area contributed by atoms with E-state index in [1.165, 1.54) is 12.1 Å². The number of allylic oxidation sites excluding steroid dienone is 2. The summed E-state index contributed by atoms with van der Waals surface area (Å²) in [5.41, 5.74) is 3.00. The minimum atomic E-state index is -0.604. The molecule has 0 saturated carbocycles. The summed E-state index contributed by atoms with van der Waals surface area (Å²) in [6.45, 7) is 3.97. The van der Waals surface area contributed by atoms with Gasteiger partial charge in [-0.05, 0) is 29.7 Å². The molecule has 0 aliphatic carbocycles. The van der Waals surface area contributed by atoms with Crippen molar-refractivity contribution in [2.75, 3.05) is 0 Å². The molecule has 0 spiro atoms. The van der Waals surface area contributed by atoms with Crippen molar-refractivity contribution >= 4 is 49.8 Å². The van der Waals surface area contributed by atoms with Gasteiger partial charge in [-0.1, -0.05) is 75.4 Å². The molecule has 0 amide bonds. The summed E-state index contributed by atoms with van der Waals surface area (Å²) in [4.78, 5) is 0. The molecule has 2 aromatic carbocycles. The molecule has 2 aromatic rings. The zero-order chi connectivity index (χ0) is 16.6. The first kappa shape index (κ1) is 16.6. The van der Waals surface area contributed by atoms with E-state index >= 15 is 0 Å². The first-order chi connectivity index (χ1) is 11.0. The monoisotopic (exact) mass is 487 g/mol. The van der Waals surface area contributed by atoms with Gasteiger partial charge in [0.1, 0.15) is 11.6 Å². The largest absolute Gasteiger partial charge is 0.358 e. The number of rotatable bonds is 2. The highest BCUT2D eigenvalue weighted by molar-refractivity contribution is 14.1. The second kappa shape index (κ2) is 6.73. The third-order valence-corrected chi connectivity index (χ3v) is 5.38. The maximum Gasteiger partial charge on any atom is 0.136 e. The Hall–Kier alpha value is -1.21. The quantitative estimate of drug-likeness (QED) is 0.410. The molecular weight excluding hydrogens is 475 g/mol. The fourth-order valence-corrected chi connectivity index (χ4v) is 3.61. The van der Waals surface area contributed by atoms with Crippen LogP contribution in [0.5, 0.6) is 0 Å². The van der Waals surface area contributed by atoms with E-state index in [1.807, 2.05) is 30.3 Å². The topological polar surface area (TPSA) is 12.0 Å². The molecule has 0 bridgehead atoms. The van der Waals surface area contributed by atoms with E-state index in [9.17, 15) is 8.78 Å². The minimum absolute atomic E-state index is 0.0449. The summed E-state index contributed by atoms with van der Waals surface area (Å²) in [5.74, 6) is -1.21. The predicted octanol–water partition coefficient (Wildman–Crippen LogP) is 5.91. The Bertz CT molecular complexity index is 779. The molecule has 1 heterocycles. The van der Waals surface area contributed by atoms with Gasteiger partial charge in [0.05, 0.1) is 15.2 Å². The van der Waals surface area contributed by atoms with Crippen LogP contribution in [0.1, 0.15) is 17.5 Å². The van der Waals surface area contributed by atoms with Crippen LogP contribution >= 0.6 is 38.5 Å². The summed E-state index contributed by atoms with van der Waals surface area (Å²) >= 11 is 5.40. The Morgan fingerprint density at radius 1 is 1.13 bits per heavy atom. The van der Waals surface area contributed by atoms with E-state index < -0.39 is 11.6 Å². The average molecular weight is 488 g/mol. The Morgan fingerprint density at radius 2 is 1.74 bits per heavy atom. The zero-order valence-electron chi connectivity index (χ0n) is 12.0. The molecule has 1 aliphatic heterocycles. The molecule has 1 aliphatic rings. The van der Waals surface area contributed by atoms with Gasteiger partial charge in [0.2, 0.25) is 0 Å². The van der Waals surface area contributed by atoms with E-state index in [0.29, 0.717) is 16.6 Å². The van der Waals surface area contributed by atoms with Gasteiger partial charge in [0.15, 0.2) is 0 Å². The van der Waals surface area contributed by atoms with Crippen molar-refractivity contribution in [1.29, 1.82) is 0 Å². The van der Waals surface area contributed by atoms with Crippen molar-refractivity contribution in [3.8, 4) is 0 Å². The molecule has 1 N–H and O–H groups in total. The van der Waals surface area contributed by atoms with Gasteiger partial charge in [-0.25, -0.2) is 8.78 Å². The van der Waals surface area contributed by atoms with Crippen molar-refractivity contribution in [1.82, 2.24) is 5.32 Å². The van der Waals surface area contributed by atoms with Crippen LogP contribution in [0.2, 0.25) is 0 Å². The number of alkyl halides is 1. The van der Waals surface area contributed by atoms with Crippen molar-refractivity contribution in [3.63, 3.8) is 0 Å². The summed E-state index contributed by atoms with van der Waals surface area (Å²) < 4.78 is 29.4. The molecule has 0 fully saturated rings. The summed E-state index contributed by atoms with van der Waals surface area (Å²) in [5, 5.41) is 3.11. The fourth-order valence-electron chi connectivity index (χ4n) is 2.61. The van der Waals surface area contributed by atoms with Crippen LogP contribution in [0, 0.1) is 11.6 Å². The SMILES string of the molecule is C=C1NC(c2c(F)cc(Br)cc2F)=C(c2ccccc2)CC1I. The number of halogens is 4. The number of benzene rings is 2. The summed E-state index contributed by atoms with van der Waals surface area (Å²) in [6.07, 6.45) is 0.667. The van der Waals surface area contributed by atoms with Crippen molar-refractivity contribution < 1.29 is 8.78 Å². The average Bonchev–Trinajstić information content (AvgIpc) is 2.50. The minimum Gasteiger partial charge on any atom is -0.358 e. The number of hydrogen-bond acceptors (Lipinski definition) is 1. The van der Waals surface area contributed by atoms with E-state index in [-0.39, 0.29) is 9.49 Å². The maximum atomic E-state index is 14.4. The van der Waals surface area contributed by atoms with Gasteiger partial charge in [-0.3, -0.25) is 0 Å².